The fourth-order valence-corrected chi connectivity index (χ4v) is 6.18. The Balaban J connectivity index is 1.49. The maximum absolute atomic E-state index is 12.9. The molecule has 8 heteroatoms. The largest absolute Gasteiger partial charge is 0.325 e. The number of nitrogens with one attached hydrogen (secondary N) is 1. The minimum Gasteiger partial charge on any atom is -0.325 e. The molecule has 0 radical (unpaired) electrons. The van der Waals surface area contributed by atoms with Crippen molar-refractivity contribution in [3.63, 3.8) is 0 Å². The first-order chi connectivity index (χ1) is 15.3. The van der Waals surface area contributed by atoms with Gasteiger partial charge < -0.3 is 5.32 Å². The van der Waals surface area contributed by atoms with E-state index in [1.54, 1.807) is 22.5 Å². The van der Waals surface area contributed by atoms with Crippen LogP contribution in [-0.4, -0.2) is 42.5 Å². The van der Waals surface area contributed by atoms with Gasteiger partial charge in [-0.2, -0.15) is 4.31 Å². The van der Waals surface area contributed by atoms with E-state index in [-0.39, 0.29) is 11.7 Å². The van der Waals surface area contributed by atoms with E-state index in [1.807, 2.05) is 45.0 Å². The predicted molar refractivity (Wildman–Crippen MR) is 130 cm³/mol. The fourth-order valence-electron chi connectivity index (χ4n) is 3.87. The highest BCUT2D eigenvalue weighted by Crippen LogP contribution is 2.28. The SMILES string of the molecule is Cc1cccc(NC(=O)CSc2cc(C)c3cc(S(=O)(=O)N4CCCC4)ccc3n2)c1C. The number of aryl methyl sites for hydroxylation is 2. The van der Waals surface area contributed by atoms with E-state index < -0.39 is 10.0 Å². The summed E-state index contributed by atoms with van der Waals surface area (Å²) >= 11 is 1.37. The Morgan fingerprint density at radius 3 is 2.56 bits per heavy atom. The Morgan fingerprint density at radius 1 is 1.06 bits per heavy atom. The third-order valence-corrected chi connectivity index (χ3v) is 8.70. The van der Waals surface area contributed by atoms with Crippen molar-refractivity contribution in [2.24, 2.45) is 0 Å². The Hall–Kier alpha value is -2.42. The van der Waals surface area contributed by atoms with Gasteiger partial charge in [0.25, 0.3) is 0 Å². The molecule has 1 saturated heterocycles. The van der Waals surface area contributed by atoms with Crippen LogP contribution in [0.3, 0.4) is 0 Å². The van der Waals surface area contributed by atoms with Crippen molar-refractivity contribution in [3.05, 3.63) is 59.2 Å². The second-order valence-corrected chi connectivity index (χ2v) is 11.1. The molecule has 0 bridgehead atoms. The van der Waals surface area contributed by atoms with E-state index >= 15 is 0 Å². The van der Waals surface area contributed by atoms with E-state index in [1.165, 1.54) is 11.8 Å². The van der Waals surface area contributed by atoms with E-state index in [4.69, 9.17) is 0 Å². The van der Waals surface area contributed by atoms with Gasteiger partial charge in [-0.1, -0.05) is 23.9 Å². The number of benzene rings is 2. The van der Waals surface area contributed by atoms with Crippen LogP contribution in [-0.2, 0) is 14.8 Å². The molecule has 0 atom stereocenters. The minimum absolute atomic E-state index is 0.0877. The number of pyridine rings is 1. The summed E-state index contributed by atoms with van der Waals surface area (Å²) in [5, 5.41) is 4.52. The summed E-state index contributed by atoms with van der Waals surface area (Å²) in [6.45, 7) is 7.11. The van der Waals surface area contributed by atoms with Crippen molar-refractivity contribution in [3.8, 4) is 0 Å². The maximum Gasteiger partial charge on any atom is 0.243 e. The molecule has 2 aromatic carbocycles. The lowest BCUT2D eigenvalue weighted by Crippen LogP contribution is -2.27. The number of sulfonamides is 1. The molecule has 3 aromatic rings. The first-order valence-corrected chi connectivity index (χ1v) is 13.1. The van der Waals surface area contributed by atoms with E-state index in [9.17, 15) is 13.2 Å². The highest BCUT2D eigenvalue weighted by Gasteiger charge is 2.27. The van der Waals surface area contributed by atoms with Gasteiger partial charge in [0.05, 0.1) is 21.2 Å². The number of rotatable bonds is 6. The van der Waals surface area contributed by atoms with E-state index in [0.29, 0.717) is 18.0 Å². The van der Waals surface area contributed by atoms with Gasteiger partial charge in [0.15, 0.2) is 0 Å². The molecule has 1 aromatic heterocycles. The normalized spacial score (nSPS) is 14.7. The maximum atomic E-state index is 12.9. The van der Waals surface area contributed by atoms with Crippen LogP contribution in [0.1, 0.15) is 29.5 Å². The number of carbonyl (C=O) groups is 1. The van der Waals surface area contributed by atoms with Crippen LogP contribution in [0.5, 0.6) is 0 Å². The van der Waals surface area contributed by atoms with Gasteiger partial charge in [-0.3, -0.25) is 4.79 Å². The van der Waals surface area contributed by atoms with Gasteiger partial charge in [0, 0.05) is 24.2 Å². The number of hydrogen-bond acceptors (Lipinski definition) is 5. The number of fused-ring (bicyclic) bond motifs is 1. The van der Waals surface area contributed by atoms with Gasteiger partial charge in [-0.25, -0.2) is 13.4 Å². The summed E-state index contributed by atoms with van der Waals surface area (Å²) in [5.74, 6) is 0.155. The average Bonchev–Trinajstić information content (AvgIpc) is 3.31. The lowest BCUT2D eigenvalue weighted by atomic mass is 10.1. The zero-order chi connectivity index (χ0) is 22.9. The molecule has 168 valence electrons. The molecule has 0 aliphatic carbocycles. The molecular formula is C24H27N3O3S2. The Morgan fingerprint density at radius 2 is 1.81 bits per heavy atom. The summed E-state index contributed by atoms with van der Waals surface area (Å²) in [6.07, 6.45) is 1.82. The van der Waals surface area contributed by atoms with E-state index in [0.717, 1.165) is 51.1 Å². The number of carbonyl (C=O) groups excluding carboxylic acids is 1. The number of hydrogen-bond donors (Lipinski definition) is 1. The molecule has 0 unspecified atom stereocenters. The first kappa shape index (κ1) is 22.8. The monoisotopic (exact) mass is 469 g/mol. The molecule has 2 heterocycles. The van der Waals surface area contributed by atoms with Crippen molar-refractivity contribution >= 4 is 44.3 Å². The summed E-state index contributed by atoms with van der Waals surface area (Å²) < 4.78 is 27.3. The fraction of sp³-hybridized carbons (Fsp3) is 0.333. The zero-order valence-corrected chi connectivity index (χ0v) is 20.1. The van der Waals surface area contributed by atoms with Crippen LogP contribution in [0.25, 0.3) is 10.9 Å². The van der Waals surface area contributed by atoms with Crippen LogP contribution in [0, 0.1) is 20.8 Å². The number of anilines is 1. The highest BCUT2D eigenvalue weighted by atomic mass is 32.2. The molecular weight excluding hydrogens is 442 g/mol. The molecule has 0 saturated carbocycles. The Kier molecular flexibility index (Phi) is 6.55. The smallest absolute Gasteiger partial charge is 0.243 e. The van der Waals surface area contributed by atoms with Gasteiger partial charge in [-0.05, 0) is 80.6 Å². The average molecular weight is 470 g/mol. The van der Waals surface area contributed by atoms with Gasteiger partial charge >= 0.3 is 0 Å². The third kappa shape index (κ3) is 4.67. The molecule has 1 N–H and O–H groups in total. The second-order valence-electron chi connectivity index (χ2n) is 8.15. The molecule has 0 spiro atoms. The van der Waals surface area contributed by atoms with Crippen LogP contribution < -0.4 is 5.32 Å². The number of thioether (sulfide) groups is 1. The van der Waals surface area contributed by atoms with Crippen LogP contribution in [0.15, 0.2) is 52.4 Å². The zero-order valence-electron chi connectivity index (χ0n) is 18.5. The second kappa shape index (κ2) is 9.21. The van der Waals surface area contributed by atoms with Crippen molar-refractivity contribution in [1.29, 1.82) is 0 Å². The van der Waals surface area contributed by atoms with Crippen LogP contribution in [0.2, 0.25) is 0 Å². The molecule has 1 aliphatic rings. The molecule has 1 fully saturated rings. The molecule has 4 rings (SSSR count). The van der Waals surface area contributed by atoms with Crippen molar-refractivity contribution in [1.82, 2.24) is 9.29 Å². The lowest BCUT2D eigenvalue weighted by molar-refractivity contribution is -0.113. The number of amides is 1. The standard InChI is InChI=1S/C24H27N3O3S2/c1-16-7-6-8-21(18(16)3)25-23(28)15-31-24-13-17(2)20-14-19(9-10-22(20)26-24)32(29,30)27-11-4-5-12-27/h6-10,13-14H,4-5,11-12,15H2,1-3H3,(H,25,28). The number of aromatic nitrogens is 1. The summed E-state index contributed by atoms with van der Waals surface area (Å²) in [6, 6.07) is 12.9. The van der Waals surface area contributed by atoms with E-state index in [2.05, 4.69) is 10.3 Å². The van der Waals surface area contributed by atoms with Crippen LogP contribution in [0.4, 0.5) is 5.69 Å². The van der Waals surface area contributed by atoms with Gasteiger partial charge in [0.1, 0.15) is 0 Å². The first-order valence-electron chi connectivity index (χ1n) is 10.7. The topological polar surface area (TPSA) is 79.4 Å². The Labute approximate surface area is 193 Å². The summed E-state index contributed by atoms with van der Waals surface area (Å²) in [7, 11) is -3.47. The number of nitrogens with zero attached hydrogens (tertiary/aromatic N) is 2. The van der Waals surface area contributed by atoms with Crippen molar-refractivity contribution in [2.45, 2.75) is 43.5 Å². The summed E-state index contributed by atoms with van der Waals surface area (Å²) in [4.78, 5) is 17.4. The quantitative estimate of drug-likeness (QED) is 0.531. The lowest BCUT2D eigenvalue weighted by Gasteiger charge is -2.16. The Bertz CT molecular complexity index is 1280. The minimum atomic E-state index is -3.47. The molecule has 32 heavy (non-hydrogen) atoms. The van der Waals surface area contributed by atoms with Crippen LogP contribution >= 0.6 is 11.8 Å². The molecule has 1 amide bonds. The van der Waals surface area contributed by atoms with Crippen molar-refractivity contribution in [2.75, 3.05) is 24.2 Å². The van der Waals surface area contributed by atoms with Gasteiger partial charge in [-0.15, -0.1) is 0 Å². The molecule has 1 aliphatic heterocycles. The molecule has 6 nitrogen and oxygen atoms in total. The highest BCUT2D eigenvalue weighted by molar-refractivity contribution is 7.99. The summed E-state index contributed by atoms with van der Waals surface area (Å²) in [5.41, 5.74) is 4.68. The van der Waals surface area contributed by atoms with Crippen molar-refractivity contribution < 1.29 is 13.2 Å². The third-order valence-electron chi connectivity index (χ3n) is 5.90. The van der Waals surface area contributed by atoms with Gasteiger partial charge in [0.2, 0.25) is 15.9 Å². The predicted octanol–water partition coefficient (Wildman–Crippen LogP) is 4.68.